The first kappa shape index (κ1) is 19.3. The van der Waals surface area contributed by atoms with Gasteiger partial charge < -0.3 is 0 Å². The first-order valence-electron chi connectivity index (χ1n) is 8.05. The molecule has 0 bridgehead atoms. The van der Waals surface area contributed by atoms with E-state index in [2.05, 4.69) is 13.8 Å². The number of nitrogens with zero attached hydrogens (tertiary/aromatic N) is 2. The third-order valence-corrected chi connectivity index (χ3v) is 5.28. The van der Waals surface area contributed by atoms with Crippen LogP contribution in [-0.4, -0.2) is 23.9 Å². The quantitative estimate of drug-likeness (QED) is 0.513. The Bertz CT molecular complexity index is 819. The third kappa shape index (κ3) is 4.17. The number of thiophene rings is 1. The van der Waals surface area contributed by atoms with E-state index in [0.717, 1.165) is 32.3 Å². The van der Waals surface area contributed by atoms with Gasteiger partial charge in [0.1, 0.15) is 10.8 Å². The Morgan fingerprint density at radius 2 is 1.84 bits per heavy atom. The number of anilines is 1. The third-order valence-electron chi connectivity index (χ3n) is 3.82. The van der Waals surface area contributed by atoms with Crippen molar-refractivity contribution in [3.63, 3.8) is 0 Å². The molecule has 6 heteroatoms. The largest absolute Gasteiger partial charge is 0.291 e. The van der Waals surface area contributed by atoms with Gasteiger partial charge in [-0.05, 0) is 52.3 Å². The monoisotopic (exact) mass is 374 g/mol. The number of halogens is 1. The van der Waals surface area contributed by atoms with Crippen molar-refractivity contribution in [3.05, 3.63) is 50.9 Å². The minimum Gasteiger partial charge on any atom is -0.291 e. The van der Waals surface area contributed by atoms with Crippen molar-refractivity contribution in [2.45, 2.75) is 40.7 Å². The van der Waals surface area contributed by atoms with Gasteiger partial charge in [0.15, 0.2) is 0 Å². The van der Waals surface area contributed by atoms with Gasteiger partial charge in [0.2, 0.25) is 0 Å². The van der Waals surface area contributed by atoms with Gasteiger partial charge in [-0.1, -0.05) is 23.7 Å². The minimum absolute atomic E-state index is 0.118. The zero-order chi connectivity index (χ0) is 18.7. The van der Waals surface area contributed by atoms with Gasteiger partial charge in [-0.15, -0.1) is 11.3 Å². The summed E-state index contributed by atoms with van der Waals surface area (Å²) in [7, 11) is 0. The van der Waals surface area contributed by atoms with Crippen molar-refractivity contribution < 1.29 is 0 Å². The smallest absolute Gasteiger partial charge is 0.112 e. The molecule has 25 heavy (non-hydrogen) atoms. The molecule has 0 aliphatic heterocycles. The summed E-state index contributed by atoms with van der Waals surface area (Å²) in [5.41, 5.74) is 3.96. The average molecular weight is 375 g/mol. The standard InChI is InChI=1S/C19H23ClN4S/c1-11(2)23-18(15-6-8-16(20)9-7-15)17-12(3)13(4)25-19(17)24(10-21)14(5)22/h6-11,21-22H,1-5H3. The van der Waals surface area contributed by atoms with Crippen LogP contribution >= 0.6 is 22.9 Å². The van der Waals surface area contributed by atoms with Crippen molar-refractivity contribution in [2.75, 3.05) is 4.90 Å². The number of aryl methyl sites for hydroxylation is 1. The summed E-state index contributed by atoms with van der Waals surface area (Å²) in [5, 5.41) is 17.3. The van der Waals surface area contributed by atoms with E-state index in [-0.39, 0.29) is 6.04 Å². The Kier molecular flexibility index (Phi) is 6.14. The molecule has 2 N–H and O–H groups in total. The number of amidine groups is 1. The van der Waals surface area contributed by atoms with Crippen LogP contribution in [0.5, 0.6) is 0 Å². The van der Waals surface area contributed by atoms with Crippen LogP contribution in [0.25, 0.3) is 0 Å². The molecule has 1 aromatic carbocycles. The highest BCUT2D eigenvalue weighted by atomic mass is 35.5. The highest BCUT2D eigenvalue weighted by Crippen LogP contribution is 2.37. The molecule has 1 heterocycles. The molecule has 0 unspecified atom stereocenters. The molecule has 4 nitrogen and oxygen atoms in total. The normalized spacial score (nSPS) is 11.7. The van der Waals surface area contributed by atoms with Crippen molar-refractivity contribution in [1.82, 2.24) is 0 Å². The molecule has 0 radical (unpaired) electrons. The first-order chi connectivity index (χ1) is 11.8. The topological polar surface area (TPSA) is 63.3 Å². The lowest BCUT2D eigenvalue weighted by Crippen LogP contribution is -2.26. The van der Waals surface area contributed by atoms with E-state index in [4.69, 9.17) is 27.4 Å². The van der Waals surface area contributed by atoms with Gasteiger partial charge in [0, 0.05) is 27.1 Å². The maximum Gasteiger partial charge on any atom is 0.112 e. The first-order valence-corrected chi connectivity index (χ1v) is 9.24. The molecular formula is C19H23ClN4S. The van der Waals surface area contributed by atoms with Crippen LogP contribution < -0.4 is 4.90 Å². The van der Waals surface area contributed by atoms with Crippen molar-refractivity contribution in [1.29, 1.82) is 10.8 Å². The van der Waals surface area contributed by atoms with E-state index in [1.54, 1.807) is 23.2 Å². The predicted octanol–water partition coefficient (Wildman–Crippen LogP) is 5.67. The molecule has 0 aliphatic rings. The number of hydrogen-bond donors (Lipinski definition) is 2. The maximum absolute atomic E-state index is 8.00. The van der Waals surface area contributed by atoms with Crippen LogP contribution in [0, 0.1) is 24.7 Å². The molecule has 1 aromatic heterocycles. The molecule has 132 valence electrons. The Balaban J connectivity index is 2.76. The fourth-order valence-electron chi connectivity index (χ4n) is 2.51. The zero-order valence-electron chi connectivity index (χ0n) is 15.1. The van der Waals surface area contributed by atoms with Gasteiger partial charge in [-0.3, -0.25) is 20.7 Å². The molecule has 0 fully saturated rings. The van der Waals surface area contributed by atoms with Crippen molar-refractivity contribution >= 4 is 45.8 Å². The van der Waals surface area contributed by atoms with E-state index >= 15 is 0 Å². The Morgan fingerprint density at radius 1 is 1.24 bits per heavy atom. The molecule has 0 aliphatic carbocycles. The summed E-state index contributed by atoms with van der Waals surface area (Å²) in [6.45, 7) is 9.89. The molecule has 2 aromatic rings. The van der Waals surface area contributed by atoms with E-state index in [1.165, 1.54) is 6.34 Å². The Hall–Kier alpha value is -1.98. The van der Waals surface area contributed by atoms with Crippen LogP contribution in [0.4, 0.5) is 5.00 Å². The lowest BCUT2D eigenvalue weighted by molar-refractivity contribution is 0.836. The molecule has 0 saturated heterocycles. The Labute approximate surface area is 158 Å². The lowest BCUT2D eigenvalue weighted by Gasteiger charge is -2.19. The highest BCUT2D eigenvalue weighted by Gasteiger charge is 2.23. The van der Waals surface area contributed by atoms with Gasteiger partial charge in [-0.25, -0.2) is 0 Å². The van der Waals surface area contributed by atoms with E-state index < -0.39 is 0 Å². The van der Waals surface area contributed by atoms with Crippen LogP contribution in [0.15, 0.2) is 29.3 Å². The molecule has 0 atom stereocenters. The molecule has 0 saturated carbocycles. The minimum atomic E-state index is 0.118. The van der Waals surface area contributed by atoms with Gasteiger partial charge in [-0.2, -0.15) is 0 Å². The number of hydrogen-bond acceptors (Lipinski definition) is 4. The summed E-state index contributed by atoms with van der Waals surface area (Å²) < 4.78 is 0. The molecular weight excluding hydrogens is 352 g/mol. The van der Waals surface area contributed by atoms with Crippen LogP contribution in [-0.2, 0) is 0 Å². The molecule has 0 spiro atoms. The van der Waals surface area contributed by atoms with Crippen molar-refractivity contribution in [2.24, 2.45) is 4.99 Å². The summed E-state index contributed by atoms with van der Waals surface area (Å²) >= 11 is 7.63. The second-order valence-corrected chi connectivity index (χ2v) is 7.77. The lowest BCUT2D eigenvalue weighted by atomic mass is 9.99. The Morgan fingerprint density at radius 3 is 2.32 bits per heavy atom. The van der Waals surface area contributed by atoms with Crippen LogP contribution in [0.2, 0.25) is 5.02 Å². The number of benzene rings is 1. The molecule has 2 rings (SSSR count). The zero-order valence-corrected chi connectivity index (χ0v) is 16.7. The fourth-order valence-corrected chi connectivity index (χ4v) is 3.83. The molecule has 0 amide bonds. The summed E-state index contributed by atoms with van der Waals surface area (Å²) in [5.74, 6) is 0.303. The van der Waals surface area contributed by atoms with Crippen molar-refractivity contribution in [3.8, 4) is 0 Å². The summed E-state index contributed by atoms with van der Waals surface area (Å²) in [4.78, 5) is 7.61. The van der Waals surface area contributed by atoms with Crippen LogP contribution in [0.3, 0.4) is 0 Å². The fraction of sp³-hybridized carbons (Fsp3) is 0.316. The van der Waals surface area contributed by atoms with Crippen LogP contribution in [0.1, 0.15) is 42.3 Å². The summed E-state index contributed by atoms with van der Waals surface area (Å²) in [6, 6.07) is 7.76. The predicted molar refractivity (Wildman–Crippen MR) is 111 cm³/mol. The SMILES string of the molecule is CC(=N)N(C=N)c1sc(C)c(C)c1C(=NC(C)C)c1ccc(Cl)cc1. The van der Waals surface area contributed by atoms with E-state index in [9.17, 15) is 0 Å². The van der Waals surface area contributed by atoms with Gasteiger partial charge in [0.05, 0.1) is 12.1 Å². The van der Waals surface area contributed by atoms with Gasteiger partial charge >= 0.3 is 0 Å². The number of nitrogens with one attached hydrogen (secondary N) is 2. The van der Waals surface area contributed by atoms with Gasteiger partial charge in [0.25, 0.3) is 0 Å². The van der Waals surface area contributed by atoms with E-state index in [0.29, 0.717) is 10.9 Å². The average Bonchev–Trinajstić information content (AvgIpc) is 2.81. The number of aliphatic imine (C=N–C) groups is 1. The summed E-state index contributed by atoms with van der Waals surface area (Å²) in [6.07, 6.45) is 1.19. The second-order valence-electron chi connectivity index (χ2n) is 6.13. The maximum atomic E-state index is 8.00. The van der Waals surface area contributed by atoms with E-state index in [1.807, 2.05) is 38.1 Å². The highest BCUT2D eigenvalue weighted by molar-refractivity contribution is 7.17. The number of rotatable bonds is 5. The second kappa shape index (κ2) is 7.93.